The lowest BCUT2D eigenvalue weighted by Crippen LogP contribution is -2.26. The number of aromatic carboxylic acids is 1. The summed E-state index contributed by atoms with van der Waals surface area (Å²) in [4.78, 5) is 26.8. The Labute approximate surface area is 125 Å². The second kappa shape index (κ2) is 6.96. The number of aromatic nitrogens is 1. The van der Waals surface area contributed by atoms with E-state index in [0.717, 1.165) is 5.56 Å². The summed E-state index contributed by atoms with van der Waals surface area (Å²) in [5.41, 5.74) is 6.91. The van der Waals surface area contributed by atoms with Crippen molar-refractivity contribution in [3.63, 3.8) is 0 Å². The van der Waals surface area contributed by atoms with Crippen LogP contribution in [0.5, 0.6) is 0 Å². The summed E-state index contributed by atoms with van der Waals surface area (Å²) in [6, 6.07) is 6.65. The minimum Gasteiger partial charge on any atom is -0.478 e. The maximum atomic E-state index is 11.8. The summed E-state index contributed by atoms with van der Waals surface area (Å²) < 4.78 is 0. The van der Waals surface area contributed by atoms with Gasteiger partial charge in [-0.2, -0.15) is 0 Å². The Hall–Kier alpha value is -2.25. The van der Waals surface area contributed by atoms with E-state index in [1.165, 1.54) is 17.4 Å². The van der Waals surface area contributed by atoms with Crippen LogP contribution in [0.4, 0.5) is 0 Å². The molecule has 0 spiro atoms. The van der Waals surface area contributed by atoms with Gasteiger partial charge in [0.2, 0.25) is 0 Å². The van der Waals surface area contributed by atoms with Gasteiger partial charge in [-0.05, 0) is 24.1 Å². The van der Waals surface area contributed by atoms with Crippen molar-refractivity contribution in [3.05, 3.63) is 51.5 Å². The number of nitrogens with one attached hydrogen (secondary N) is 1. The highest BCUT2D eigenvalue weighted by Gasteiger charge is 2.09. The maximum Gasteiger partial charge on any atom is 0.335 e. The number of hydrogen-bond donors (Lipinski definition) is 3. The molecule has 4 N–H and O–H groups in total. The van der Waals surface area contributed by atoms with Crippen LogP contribution in [0.2, 0.25) is 0 Å². The molecule has 0 aliphatic heterocycles. The van der Waals surface area contributed by atoms with Crippen molar-refractivity contribution in [2.24, 2.45) is 5.73 Å². The molecule has 6 nitrogen and oxygen atoms in total. The number of carboxylic acids is 1. The third-order valence-corrected chi connectivity index (χ3v) is 3.70. The molecule has 2 rings (SSSR count). The summed E-state index contributed by atoms with van der Waals surface area (Å²) >= 11 is 1.35. The van der Waals surface area contributed by atoms with Crippen molar-refractivity contribution in [1.29, 1.82) is 0 Å². The van der Waals surface area contributed by atoms with Crippen LogP contribution < -0.4 is 11.1 Å². The van der Waals surface area contributed by atoms with Crippen LogP contribution in [0.1, 0.15) is 31.4 Å². The largest absolute Gasteiger partial charge is 0.478 e. The number of carboxylic acid groups (broad SMARTS) is 1. The average molecular weight is 305 g/mol. The van der Waals surface area contributed by atoms with Gasteiger partial charge in [0.25, 0.3) is 5.91 Å². The van der Waals surface area contributed by atoms with Crippen molar-refractivity contribution >= 4 is 23.2 Å². The highest BCUT2D eigenvalue weighted by Crippen LogP contribution is 2.09. The van der Waals surface area contributed by atoms with Crippen LogP contribution >= 0.6 is 11.3 Å². The first kappa shape index (κ1) is 15.1. The highest BCUT2D eigenvalue weighted by atomic mass is 32.1. The molecule has 0 aliphatic carbocycles. The molecule has 7 heteroatoms. The number of carbonyl (C=O) groups excluding carboxylic acids is 1. The lowest BCUT2D eigenvalue weighted by Gasteiger charge is -2.04. The SMILES string of the molecule is NCc1nc(C(=O)NCCc2cccc(C(=O)O)c2)cs1. The quantitative estimate of drug-likeness (QED) is 0.745. The number of carbonyl (C=O) groups is 2. The van der Waals surface area contributed by atoms with Gasteiger partial charge in [-0.15, -0.1) is 11.3 Å². The van der Waals surface area contributed by atoms with Crippen LogP contribution in [0.15, 0.2) is 29.6 Å². The molecule has 110 valence electrons. The summed E-state index contributed by atoms with van der Waals surface area (Å²) in [6.07, 6.45) is 0.556. The zero-order chi connectivity index (χ0) is 15.2. The minimum atomic E-state index is -0.960. The first-order valence-electron chi connectivity index (χ1n) is 6.35. The monoisotopic (exact) mass is 305 g/mol. The number of rotatable bonds is 6. The number of benzene rings is 1. The predicted octanol–water partition coefficient (Wildman–Crippen LogP) is 1.27. The topological polar surface area (TPSA) is 105 Å². The number of nitrogens with zero attached hydrogens (tertiary/aromatic N) is 1. The van der Waals surface area contributed by atoms with E-state index in [1.54, 1.807) is 17.5 Å². The van der Waals surface area contributed by atoms with E-state index in [1.807, 2.05) is 6.07 Å². The molecule has 0 aliphatic rings. The third-order valence-electron chi connectivity index (χ3n) is 2.83. The van der Waals surface area contributed by atoms with Gasteiger partial charge < -0.3 is 16.2 Å². The van der Waals surface area contributed by atoms with Crippen LogP contribution in [0, 0.1) is 0 Å². The molecule has 0 fully saturated rings. The van der Waals surface area contributed by atoms with Crippen molar-refractivity contribution in [2.75, 3.05) is 6.54 Å². The standard InChI is InChI=1S/C14H15N3O3S/c15-7-12-17-11(8-21-12)13(18)16-5-4-9-2-1-3-10(6-9)14(19)20/h1-3,6,8H,4-5,7,15H2,(H,16,18)(H,19,20). The number of amides is 1. The Bertz CT molecular complexity index is 654. The third kappa shape index (κ3) is 4.11. The fourth-order valence-corrected chi connectivity index (χ4v) is 2.43. The van der Waals surface area contributed by atoms with Gasteiger partial charge in [-0.25, -0.2) is 9.78 Å². The highest BCUT2D eigenvalue weighted by molar-refractivity contribution is 7.09. The Kier molecular flexibility index (Phi) is 5.02. The van der Waals surface area contributed by atoms with Crippen molar-refractivity contribution in [2.45, 2.75) is 13.0 Å². The Morgan fingerprint density at radius 1 is 1.38 bits per heavy atom. The number of thiazole rings is 1. The Balaban J connectivity index is 1.87. The van der Waals surface area contributed by atoms with Crippen molar-refractivity contribution in [1.82, 2.24) is 10.3 Å². The van der Waals surface area contributed by atoms with E-state index >= 15 is 0 Å². The molecular weight excluding hydrogens is 290 g/mol. The maximum absolute atomic E-state index is 11.8. The Morgan fingerprint density at radius 2 is 2.19 bits per heavy atom. The second-order valence-electron chi connectivity index (χ2n) is 4.34. The molecule has 0 radical (unpaired) electrons. The van der Waals surface area contributed by atoms with Gasteiger partial charge in [0.1, 0.15) is 10.7 Å². The molecule has 0 atom stereocenters. The molecule has 1 amide bonds. The van der Waals surface area contributed by atoms with Gasteiger partial charge in [-0.1, -0.05) is 12.1 Å². The fraction of sp³-hybridized carbons (Fsp3) is 0.214. The number of hydrogen-bond acceptors (Lipinski definition) is 5. The summed E-state index contributed by atoms with van der Waals surface area (Å²) in [5.74, 6) is -1.21. The summed E-state index contributed by atoms with van der Waals surface area (Å²) in [6.45, 7) is 0.733. The molecule has 2 aromatic rings. The zero-order valence-electron chi connectivity index (χ0n) is 11.2. The van der Waals surface area contributed by atoms with E-state index in [-0.39, 0.29) is 11.5 Å². The summed E-state index contributed by atoms with van der Waals surface area (Å²) in [5, 5.41) is 14.0. The lowest BCUT2D eigenvalue weighted by molar-refractivity contribution is 0.0696. The van der Waals surface area contributed by atoms with Gasteiger partial charge in [-0.3, -0.25) is 4.79 Å². The van der Waals surface area contributed by atoms with Gasteiger partial charge >= 0.3 is 5.97 Å². The van der Waals surface area contributed by atoms with E-state index in [0.29, 0.717) is 30.2 Å². The van der Waals surface area contributed by atoms with Gasteiger partial charge in [0.05, 0.1) is 5.56 Å². The van der Waals surface area contributed by atoms with Crippen molar-refractivity contribution in [3.8, 4) is 0 Å². The second-order valence-corrected chi connectivity index (χ2v) is 5.28. The van der Waals surface area contributed by atoms with E-state index < -0.39 is 5.97 Å². The fourth-order valence-electron chi connectivity index (χ4n) is 1.78. The average Bonchev–Trinajstić information content (AvgIpc) is 2.96. The number of nitrogens with two attached hydrogens (primary N) is 1. The predicted molar refractivity (Wildman–Crippen MR) is 79.4 cm³/mol. The van der Waals surface area contributed by atoms with Gasteiger partial charge in [0.15, 0.2) is 0 Å². The molecule has 0 saturated heterocycles. The van der Waals surface area contributed by atoms with E-state index in [2.05, 4.69) is 10.3 Å². The van der Waals surface area contributed by atoms with Gasteiger partial charge in [0, 0.05) is 18.5 Å². The summed E-state index contributed by atoms with van der Waals surface area (Å²) in [7, 11) is 0. The van der Waals surface area contributed by atoms with Crippen LogP contribution in [0.3, 0.4) is 0 Å². The molecular formula is C14H15N3O3S. The first-order valence-corrected chi connectivity index (χ1v) is 7.23. The lowest BCUT2D eigenvalue weighted by atomic mass is 10.1. The molecule has 21 heavy (non-hydrogen) atoms. The molecule has 1 aromatic carbocycles. The minimum absolute atomic E-state index is 0.242. The van der Waals surface area contributed by atoms with Crippen molar-refractivity contribution < 1.29 is 14.7 Å². The van der Waals surface area contributed by atoms with Crippen LogP contribution in [0.25, 0.3) is 0 Å². The van der Waals surface area contributed by atoms with Crippen LogP contribution in [-0.2, 0) is 13.0 Å². The molecule has 1 heterocycles. The smallest absolute Gasteiger partial charge is 0.335 e. The first-order chi connectivity index (χ1) is 10.1. The molecule has 0 saturated carbocycles. The van der Waals surface area contributed by atoms with E-state index in [4.69, 9.17) is 10.8 Å². The van der Waals surface area contributed by atoms with E-state index in [9.17, 15) is 9.59 Å². The molecule has 1 aromatic heterocycles. The molecule has 0 unspecified atom stereocenters. The molecule has 0 bridgehead atoms. The normalized spacial score (nSPS) is 10.3. The zero-order valence-corrected chi connectivity index (χ0v) is 12.0. The Morgan fingerprint density at radius 3 is 2.86 bits per heavy atom. The van der Waals surface area contributed by atoms with Crippen LogP contribution in [-0.4, -0.2) is 28.5 Å².